The second-order valence-corrected chi connectivity index (χ2v) is 39.3. The number of Topliss-reactive ketones (excluding diaryl/α,β-unsaturated/α-hetero) is 2. The number of hydrogen-bond donors (Lipinski definition) is 0. The molecule has 3 atom stereocenters. The Morgan fingerprint density at radius 1 is 0.511 bits per heavy atom. The molecule has 13 heteroatoms. The molecule has 662 valence electrons. The maximum atomic E-state index is 14.3. The minimum Gasteiger partial charge on any atom is -0.486 e. The van der Waals surface area contributed by atoms with E-state index in [2.05, 4.69) is 208 Å². The molecule has 7 heterocycles. The van der Waals surface area contributed by atoms with Gasteiger partial charge in [-0.15, -0.1) is 0 Å². The van der Waals surface area contributed by atoms with Gasteiger partial charge in [0, 0.05) is 141 Å². The van der Waals surface area contributed by atoms with Crippen molar-refractivity contribution in [3.8, 4) is 5.75 Å². The Balaban J connectivity index is 0.000000116. The molecule has 131 heavy (non-hydrogen) atoms. The monoisotopic (exact) mass is 1740 g/mol. The zero-order valence-corrected chi connectivity index (χ0v) is 77.0. The number of hydrogen-bond acceptors (Lipinski definition) is 6. The van der Waals surface area contributed by atoms with Crippen LogP contribution in [0.15, 0.2) is 265 Å². The van der Waals surface area contributed by atoms with Crippen LogP contribution in [0.2, 0.25) is 0 Å². The van der Waals surface area contributed by atoms with Gasteiger partial charge >= 0.3 is 5.92 Å². The van der Waals surface area contributed by atoms with Crippen molar-refractivity contribution in [2.75, 3.05) is 6.61 Å². The number of alkyl halides is 3. The molecule has 0 radical (unpaired) electrons. The lowest BCUT2D eigenvalue weighted by Gasteiger charge is -2.20. The SMILES string of the molecule is CC(C)(C)c1ccc2c(c1)c1cc(C(C)(C)C)cc3c(=O)c4ccccc4n2c31.CCCCC(CC)Cn1c2c3ccccc3ccc2c2cc(C(=O)c3ccccc3OCC(F)(F)C(C)F)c3ccccc3c21.Cc1cccc(C(=O)c2ccc3c(c2)c2cc(C(=O)CCC4CCCC4)cc4c2n3CC4C)c1.O=C(C1=CCC=C1)c1cc2c3c(c1)c1ccccc1n3CCC2. The van der Waals surface area contributed by atoms with Gasteiger partial charge in [-0.1, -0.05) is 258 Å². The van der Waals surface area contributed by atoms with Gasteiger partial charge in [-0.05, 0) is 211 Å². The smallest absolute Gasteiger partial charge is 0.311 e. The second kappa shape index (κ2) is 35.0. The number of unbranched alkanes of at least 4 members (excludes halogenated alkanes) is 1. The standard InChI is InChI=1S/C39H38F3NO2.C31H31NO2.C27H27NO.C21H17NO/c1-4-6-13-26(5-2)23-43-36-28-15-8-7-14-27(28)20-21-31(36)33-22-34(29-16-9-10-17-30(29)37(33)43)38(44)32-18-11-12-19-35(32)45-24-39(41,42)25(3)40;1-19-6-5-9-22(14-19)31(34)23-11-12-28-26(15-23)27-17-24(16-25-20(2)18-32(28)30(25)27)29(33)13-10-21-7-3-4-8-21;1-26(2,3)16-11-12-23-19(13-16)20-14-17(27(4,5)6)15-21-24(20)28(23)22-10-8-7-9-18(22)25(21)29;23-21(14-6-1-2-7-14)16-12-15-8-5-11-22-19-10-4-3-9-17(19)18(13-16)20(15)22/h7-12,14-22,25-26H,4-6,13,23-24H2,1-3H3;5-6,9,11-12,14-17,20-21H,3-4,7-8,10,13,18H2,1-2H3;7-15H,1-6H3;1,3-4,6-7,9-10,12-13H,2,5,8,11H2. The fraction of sp³-hybridized carbons (Fsp3) is 0.297. The summed E-state index contributed by atoms with van der Waals surface area (Å²) in [6.45, 7) is 24.6. The molecule has 22 rings (SSSR count). The summed E-state index contributed by atoms with van der Waals surface area (Å²) in [4.78, 5) is 67.1. The van der Waals surface area contributed by atoms with Crippen molar-refractivity contribution in [1.82, 2.24) is 18.1 Å². The van der Waals surface area contributed by atoms with Crippen LogP contribution < -0.4 is 10.2 Å². The van der Waals surface area contributed by atoms with Crippen molar-refractivity contribution in [3.05, 3.63) is 332 Å². The van der Waals surface area contributed by atoms with Gasteiger partial charge in [0.1, 0.15) is 5.75 Å². The Bertz CT molecular complexity index is 7780. The third-order valence-corrected chi connectivity index (χ3v) is 28.5. The lowest BCUT2D eigenvalue weighted by molar-refractivity contribution is -0.0941. The topological polar surface area (TPSA) is 114 Å². The van der Waals surface area contributed by atoms with Crippen LogP contribution in [-0.4, -0.2) is 59.9 Å². The molecule has 1 fully saturated rings. The number of benzene rings is 13. The molecule has 0 saturated heterocycles. The second-order valence-electron chi connectivity index (χ2n) is 39.3. The Morgan fingerprint density at radius 2 is 1.13 bits per heavy atom. The number of ether oxygens (including phenoxy) is 1. The van der Waals surface area contributed by atoms with Crippen LogP contribution in [0.25, 0.3) is 125 Å². The van der Waals surface area contributed by atoms with Gasteiger partial charge in [0.25, 0.3) is 0 Å². The molecule has 2 aliphatic carbocycles. The molecule has 0 amide bonds. The molecule has 0 bridgehead atoms. The van der Waals surface area contributed by atoms with Crippen LogP contribution in [0.4, 0.5) is 13.2 Å². The van der Waals surface area contributed by atoms with Crippen LogP contribution in [0.3, 0.4) is 0 Å². The molecule has 1 saturated carbocycles. The molecule has 0 spiro atoms. The number of rotatable bonds is 20. The van der Waals surface area contributed by atoms with Gasteiger partial charge in [0.2, 0.25) is 0 Å². The third kappa shape index (κ3) is 16.1. The number of halogens is 3. The summed E-state index contributed by atoms with van der Waals surface area (Å²) in [7, 11) is 0. The zero-order valence-electron chi connectivity index (χ0n) is 77.0. The molecule has 2 aliphatic heterocycles. The average Bonchev–Trinajstić information content (AvgIpc) is 1.56. The number of pyridine rings is 1. The fourth-order valence-electron chi connectivity index (χ4n) is 21.3. The van der Waals surface area contributed by atoms with E-state index in [1.54, 1.807) is 18.2 Å². The van der Waals surface area contributed by atoms with E-state index in [-0.39, 0.29) is 50.7 Å². The summed E-state index contributed by atoms with van der Waals surface area (Å²) in [6, 6.07) is 78.9. The summed E-state index contributed by atoms with van der Waals surface area (Å²) in [5.74, 6) is -1.95. The number of allylic oxidation sites excluding steroid dienone is 4. The summed E-state index contributed by atoms with van der Waals surface area (Å²) in [6.07, 6.45) is 18.1. The summed E-state index contributed by atoms with van der Waals surface area (Å²) >= 11 is 0. The molecule has 3 unspecified atom stereocenters. The van der Waals surface area contributed by atoms with Crippen LogP contribution in [-0.2, 0) is 36.9 Å². The fourth-order valence-corrected chi connectivity index (χ4v) is 21.3. The molecule has 13 aromatic carbocycles. The largest absolute Gasteiger partial charge is 0.486 e. The quantitative estimate of drug-likeness (QED) is 0.0555. The van der Waals surface area contributed by atoms with Gasteiger partial charge in [-0.3, -0.25) is 24.0 Å². The highest BCUT2D eigenvalue weighted by atomic mass is 19.3. The summed E-state index contributed by atoms with van der Waals surface area (Å²) < 4.78 is 56.7. The Hall–Kier alpha value is -13.0. The van der Waals surface area contributed by atoms with Gasteiger partial charge < -0.3 is 22.8 Å². The van der Waals surface area contributed by atoms with Crippen molar-refractivity contribution in [2.45, 2.75) is 208 Å². The molecule has 18 aromatic rings. The summed E-state index contributed by atoms with van der Waals surface area (Å²) in [5, 5.41) is 14.8. The maximum absolute atomic E-state index is 14.3. The van der Waals surface area contributed by atoms with Crippen LogP contribution >= 0.6 is 0 Å². The van der Waals surface area contributed by atoms with E-state index in [1.807, 2.05) is 110 Å². The number of aromatic nitrogens is 4. The first-order valence-electron chi connectivity index (χ1n) is 47.2. The number of carbonyl (C=O) groups is 4. The lowest BCUT2D eigenvalue weighted by Crippen LogP contribution is -2.34. The van der Waals surface area contributed by atoms with E-state index in [4.69, 9.17) is 4.74 Å². The van der Waals surface area contributed by atoms with Crippen molar-refractivity contribution in [1.29, 1.82) is 0 Å². The number of ketones is 4. The number of nitrogens with zero attached hydrogens (tertiary/aromatic N) is 4. The molecular weight excluding hydrogens is 1630 g/mol. The van der Waals surface area contributed by atoms with Gasteiger partial charge in [-0.2, -0.15) is 8.78 Å². The predicted octanol–water partition coefficient (Wildman–Crippen LogP) is 30.1. The highest BCUT2D eigenvalue weighted by molar-refractivity contribution is 6.29. The molecule has 4 aliphatic rings. The van der Waals surface area contributed by atoms with Crippen LogP contribution in [0.5, 0.6) is 5.75 Å². The third-order valence-electron chi connectivity index (χ3n) is 28.5. The van der Waals surface area contributed by atoms with Crippen LogP contribution in [0, 0.1) is 18.8 Å². The Labute approximate surface area is 762 Å². The predicted molar refractivity (Wildman–Crippen MR) is 535 cm³/mol. The molecular formula is C118H113F3N4O6. The molecule has 5 aromatic heterocycles. The van der Waals surface area contributed by atoms with Crippen molar-refractivity contribution in [3.63, 3.8) is 0 Å². The maximum Gasteiger partial charge on any atom is 0.311 e. The van der Waals surface area contributed by atoms with E-state index >= 15 is 0 Å². The molecule has 10 nitrogen and oxygen atoms in total. The van der Waals surface area contributed by atoms with E-state index in [0.29, 0.717) is 34.9 Å². The normalized spacial score (nSPS) is 15.1. The van der Waals surface area contributed by atoms with E-state index < -0.39 is 18.7 Å². The average molecular weight is 1740 g/mol. The van der Waals surface area contributed by atoms with Gasteiger partial charge in [0.05, 0.1) is 44.2 Å². The Kier molecular flexibility index (Phi) is 23.4. The van der Waals surface area contributed by atoms with E-state index in [9.17, 15) is 37.1 Å². The number of carbonyl (C=O) groups excluding carboxylic acids is 4. The summed E-state index contributed by atoms with van der Waals surface area (Å²) in [5.41, 5.74) is 21.3. The highest BCUT2D eigenvalue weighted by Crippen LogP contribution is 2.47. The highest BCUT2D eigenvalue weighted by Gasteiger charge is 2.39. The van der Waals surface area contributed by atoms with Crippen molar-refractivity contribution in [2.24, 2.45) is 11.8 Å². The van der Waals surface area contributed by atoms with E-state index in [1.165, 1.54) is 104 Å². The first-order valence-corrected chi connectivity index (χ1v) is 47.2. The van der Waals surface area contributed by atoms with Crippen molar-refractivity contribution >= 4 is 148 Å². The van der Waals surface area contributed by atoms with Crippen molar-refractivity contribution < 1.29 is 37.1 Å². The van der Waals surface area contributed by atoms with Gasteiger partial charge in [0.15, 0.2) is 41.3 Å². The number of aryl methyl sites for hydroxylation is 3. The van der Waals surface area contributed by atoms with Crippen LogP contribution in [0.1, 0.15) is 233 Å². The Morgan fingerprint density at radius 3 is 1.87 bits per heavy atom. The molecule has 0 N–H and O–H groups in total. The van der Waals surface area contributed by atoms with E-state index in [0.717, 1.165) is 181 Å². The minimum atomic E-state index is -3.68. The van der Waals surface area contributed by atoms with Gasteiger partial charge in [-0.25, -0.2) is 4.39 Å². The minimum absolute atomic E-state index is 0.00198. The lowest BCUT2D eigenvalue weighted by atomic mass is 9.84. The first kappa shape index (κ1) is 87.3. The first-order chi connectivity index (χ1) is 63.1. The number of fused-ring (bicyclic) bond motifs is 18. The number of para-hydroxylation sites is 3. The zero-order chi connectivity index (χ0) is 91.2.